The summed E-state index contributed by atoms with van der Waals surface area (Å²) in [5.74, 6) is -0.180. The predicted molar refractivity (Wildman–Crippen MR) is 85.0 cm³/mol. The van der Waals surface area contributed by atoms with Gasteiger partial charge >= 0.3 is 0 Å². The minimum Gasteiger partial charge on any atom is -0.296 e. The van der Waals surface area contributed by atoms with Crippen LogP contribution in [0.25, 0.3) is 10.2 Å². The SMILES string of the molecule is Cc1cc(C)c2sc(NC(=O)c3c(C)cnn3C)nc2c1. The molecule has 0 radical (unpaired) electrons. The summed E-state index contributed by atoms with van der Waals surface area (Å²) in [6.45, 7) is 5.97. The van der Waals surface area contributed by atoms with Crippen LogP contribution < -0.4 is 5.32 Å². The molecule has 21 heavy (non-hydrogen) atoms. The molecular weight excluding hydrogens is 284 g/mol. The Kier molecular flexibility index (Phi) is 3.25. The number of amides is 1. The lowest BCUT2D eigenvalue weighted by atomic mass is 10.1. The quantitative estimate of drug-likeness (QED) is 0.790. The average Bonchev–Trinajstić information content (AvgIpc) is 2.93. The molecular formula is C15H16N4OS. The summed E-state index contributed by atoms with van der Waals surface area (Å²) in [6.07, 6.45) is 1.68. The number of fused-ring (bicyclic) bond motifs is 1. The van der Waals surface area contributed by atoms with Crippen LogP contribution in [0, 0.1) is 20.8 Å². The number of carbonyl (C=O) groups is 1. The molecule has 0 aliphatic rings. The molecule has 5 nitrogen and oxygen atoms in total. The van der Waals surface area contributed by atoms with Gasteiger partial charge in [0.15, 0.2) is 5.13 Å². The van der Waals surface area contributed by atoms with E-state index >= 15 is 0 Å². The van der Waals surface area contributed by atoms with Gasteiger partial charge in [-0.1, -0.05) is 17.4 Å². The van der Waals surface area contributed by atoms with E-state index in [0.717, 1.165) is 15.8 Å². The molecule has 0 aliphatic heterocycles. The summed E-state index contributed by atoms with van der Waals surface area (Å²) in [4.78, 5) is 16.8. The molecule has 6 heteroatoms. The van der Waals surface area contributed by atoms with Crippen molar-refractivity contribution in [2.75, 3.05) is 5.32 Å². The normalized spacial score (nSPS) is 11.0. The lowest BCUT2D eigenvalue weighted by Gasteiger charge is -2.02. The number of benzene rings is 1. The van der Waals surface area contributed by atoms with Gasteiger partial charge in [0.1, 0.15) is 5.69 Å². The van der Waals surface area contributed by atoms with Crippen LogP contribution in [0.2, 0.25) is 0 Å². The van der Waals surface area contributed by atoms with E-state index < -0.39 is 0 Å². The van der Waals surface area contributed by atoms with E-state index in [1.165, 1.54) is 22.5 Å². The zero-order chi connectivity index (χ0) is 15.1. The maximum absolute atomic E-state index is 12.3. The van der Waals surface area contributed by atoms with E-state index in [1.54, 1.807) is 17.9 Å². The van der Waals surface area contributed by atoms with Gasteiger partial charge in [0.25, 0.3) is 5.91 Å². The number of thiazole rings is 1. The molecule has 2 aromatic heterocycles. The van der Waals surface area contributed by atoms with E-state index in [4.69, 9.17) is 0 Å². The maximum Gasteiger partial charge on any atom is 0.275 e. The van der Waals surface area contributed by atoms with Crippen LogP contribution in [0.15, 0.2) is 18.3 Å². The van der Waals surface area contributed by atoms with Gasteiger partial charge in [-0.25, -0.2) is 4.98 Å². The molecule has 0 fully saturated rings. The topological polar surface area (TPSA) is 59.8 Å². The van der Waals surface area contributed by atoms with Crippen LogP contribution in [0.1, 0.15) is 27.2 Å². The first-order chi connectivity index (χ1) is 9.95. The van der Waals surface area contributed by atoms with Gasteiger partial charge in [-0.15, -0.1) is 0 Å². The molecule has 0 bridgehead atoms. The largest absolute Gasteiger partial charge is 0.296 e. The Balaban J connectivity index is 1.95. The van der Waals surface area contributed by atoms with Crippen LogP contribution in [0.3, 0.4) is 0 Å². The summed E-state index contributed by atoms with van der Waals surface area (Å²) in [5, 5.41) is 7.57. The molecule has 3 aromatic rings. The van der Waals surface area contributed by atoms with Crippen LogP contribution in [-0.2, 0) is 7.05 Å². The molecule has 0 saturated carbocycles. The van der Waals surface area contributed by atoms with Crippen LogP contribution >= 0.6 is 11.3 Å². The highest BCUT2D eigenvalue weighted by molar-refractivity contribution is 7.22. The highest BCUT2D eigenvalue weighted by Crippen LogP contribution is 2.30. The molecule has 0 saturated heterocycles. The summed E-state index contributed by atoms with van der Waals surface area (Å²) in [6, 6.07) is 4.15. The number of anilines is 1. The number of rotatable bonds is 2. The van der Waals surface area contributed by atoms with Gasteiger partial charge in [0.2, 0.25) is 0 Å². The van der Waals surface area contributed by atoms with Crippen molar-refractivity contribution < 1.29 is 4.79 Å². The second-order valence-corrected chi connectivity index (χ2v) is 6.20. The van der Waals surface area contributed by atoms with Crippen molar-refractivity contribution in [1.29, 1.82) is 0 Å². The van der Waals surface area contributed by atoms with E-state index in [0.29, 0.717) is 10.8 Å². The van der Waals surface area contributed by atoms with Crippen molar-refractivity contribution in [3.05, 3.63) is 40.7 Å². The average molecular weight is 300 g/mol. The van der Waals surface area contributed by atoms with E-state index in [9.17, 15) is 4.79 Å². The molecule has 0 unspecified atom stereocenters. The Hall–Kier alpha value is -2.21. The lowest BCUT2D eigenvalue weighted by molar-refractivity contribution is 0.101. The molecule has 2 heterocycles. The fourth-order valence-electron chi connectivity index (χ4n) is 2.46. The van der Waals surface area contributed by atoms with Gasteiger partial charge < -0.3 is 0 Å². The van der Waals surface area contributed by atoms with Crippen LogP contribution in [0.5, 0.6) is 0 Å². The summed E-state index contributed by atoms with van der Waals surface area (Å²) in [7, 11) is 1.76. The molecule has 3 rings (SSSR count). The van der Waals surface area contributed by atoms with Gasteiger partial charge in [0.05, 0.1) is 16.4 Å². The number of aryl methyl sites for hydroxylation is 4. The summed E-state index contributed by atoms with van der Waals surface area (Å²) in [5.41, 5.74) is 4.69. The number of nitrogens with zero attached hydrogens (tertiary/aromatic N) is 3. The van der Waals surface area contributed by atoms with Crippen molar-refractivity contribution in [1.82, 2.24) is 14.8 Å². The van der Waals surface area contributed by atoms with Gasteiger partial charge in [-0.2, -0.15) is 5.10 Å². The van der Waals surface area contributed by atoms with Gasteiger partial charge in [-0.05, 0) is 43.5 Å². The minimum atomic E-state index is -0.180. The first kappa shape index (κ1) is 13.8. The highest BCUT2D eigenvalue weighted by atomic mass is 32.1. The van der Waals surface area contributed by atoms with Crippen molar-refractivity contribution in [2.45, 2.75) is 20.8 Å². The van der Waals surface area contributed by atoms with Crippen LogP contribution in [0.4, 0.5) is 5.13 Å². The first-order valence-corrected chi connectivity index (χ1v) is 7.45. The Morgan fingerprint density at radius 1 is 1.24 bits per heavy atom. The smallest absolute Gasteiger partial charge is 0.275 e. The number of carbonyl (C=O) groups excluding carboxylic acids is 1. The van der Waals surface area contributed by atoms with Gasteiger partial charge in [-0.3, -0.25) is 14.8 Å². The third-order valence-corrected chi connectivity index (χ3v) is 4.50. The second-order valence-electron chi connectivity index (χ2n) is 5.20. The molecule has 0 atom stereocenters. The molecule has 1 amide bonds. The molecule has 0 aliphatic carbocycles. The zero-order valence-electron chi connectivity index (χ0n) is 12.4. The van der Waals surface area contributed by atoms with Crippen molar-refractivity contribution in [3.63, 3.8) is 0 Å². The molecule has 1 aromatic carbocycles. The Bertz CT molecular complexity index is 827. The van der Waals surface area contributed by atoms with Crippen molar-refractivity contribution in [2.24, 2.45) is 7.05 Å². The van der Waals surface area contributed by atoms with Crippen LogP contribution in [-0.4, -0.2) is 20.7 Å². The van der Waals surface area contributed by atoms with Gasteiger partial charge in [0, 0.05) is 7.05 Å². The lowest BCUT2D eigenvalue weighted by Crippen LogP contribution is -2.17. The third kappa shape index (κ3) is 2.42. The Morgan fingerprint density at radius 3 is 2.67 bits per heavy atom. The first-order valence-electron chi connectivity index (χ1n) is 6.63. The van der Waals surface area contributed by atoms with E-state index in [2.05, 4.69) is 28.4 Å². The molecule has 1 N–H and O–H groups in total. The second kappa shape index (κ2) is 4.96. The minimum absolute atomic E-state index is 0.180. The Labute approximate surface area is 126 Å². The highest BCUT2D eigenvalue weighted by Gasteiger charge is 2.16. The van der Waals surface area contributed by atoms with Crippen molar-refractivity contribution >= 4 is 32.6 Å². The van der Waals surface area contributed by atoms with Crippen molar-refractivity contribution in [3.8, 4) is 0 Å². The summed E-state index contributed by atoms with van der Waals surface area (Å²) >= 11 is 1.50. The monoisotopic (exact) mass is 300 g/mol. The number of nitrogens with one attached hydrogen (secondary N) is 1. The standard InChI is InChI=1S/C15H16N4OS/c1-8-5-9(2)13-11(6-8)17-15(21-13)18-14(20)12-10(3)7-16-19(12)4/h5-7H,1-4H3,(H,17,18,20). The fourth-order valence-corrected chi connectivity index (χ4v) is 3.37. The number of hydrogen-bond acceptors (Lipinski definition) is 4. The summed E-state index contributed by atoms with van der Waals surface area (Å²) < 4.78 is 2.69. The maximum atomic E-state index is 12.3. The third-order valence-electron chi connectivity index (χ3n) is 3.38. The number of hydrogen-bond donors (Lipinski definition) is 1. The molecule has 0 spiro atoms. The van der Waals surface area contributed by atoms with E-state index in [-0.39, 0.29) is 5.91 Å². The predicted octanol–water partition coefficient (Wildman–Crippen LogP) is 3.21. The Morgan fingerprint density at radius 2 is 2.00 bits per heavy atom. The fraction of sp³-hybridized carbons (Fsp3) is 0.267. The zero-order valence-corrected chi connectivity index (χ0v) is 13.2. The van der Waals surface area contributed by atoms with E-state index in [1.807, 2.05) is 19.9 Å². The molecule has 108 valence electrons. The number of aromatic nitrogens is 3.